The van der Waals surface area contributed by atoms with Gasteiger partial charge in [-0.15, -0.1) is 0 Å². The molecule has 0 fully saturated rings. The van der Waals surface area contributed by atoms with Crippen molar-refractivity contribution in [2.24, 2.45) is 4.99 Å². The summed E-state index contributed by atoms with van der Waals surface area (Å²) >= 11 is 0. The van der Waals surface area contributed by atoms with E-state index in [4.69, 9.17) is 4.74 Å². The normalized spacial score (nSPS) is 16.0. The second-order valence-corrected chi connectivity index (χ2v) is 4.92. The van der Waals surface area contributed by atoms with Crippen LogP contribution in [0, 0.1) is 13.8 Å². The van der Waals surface area contributed by atoms with Gasteiger partial charge in [0.1, 0.15) is 17.8 Å². The Morgan fingerprint density at radius 2 is 1.95 bits per heavy atom. The Morgan fingerprint density at radius 1 is 1.19 bits per heavy atom. The molecule has 0 spiro atoms. The monoisotopic (exact) mass is 280 g/mol. The second kappa shape index (κ2) is 5.36. The minimum Gasteiger partial charge on any atom is -0.494 e. The molecule has 0 atom stereocenters. The van der Waals surface area contributed by atoms with Gasteiger partial charge in [-0.3, -0.25) is 0 Å². The van der Waals surface area contributed by atoms with Crippen molar-refractivity contribution < 1.29 is 4.74 Å². The van der Waals surface area contributed by atoms with Crippen molar-refractivity contribution in [1.82, 2.24) is 15.0 Å². The molecule has 106 valence electrons. The number of H-pyrrole nitrogens is 1. The van der Waals surface area contributed by atoms with Crippen LogP contribution in [-0.4, -0.2) is 27.8 Å². The molecule has 5 nitrogen and oxygen atoms in total. The Balaban J connectivity index is 2.01. The van der Waals surface area contributed by atoms with Crippen LogP contribution in [0.5, 0.6) is 0 Å². The quantitative estimate of drug-likeness (QED) is 0.940. The summed E-state index contributed by atoms with van der Waals surface area (Å²) in [6.45, 7) is 4.10. The van der Waals surface area contributed by atoms with Gasteiger partial charge in [-0.1, -0.05) is 0 Å². The Hall–Kier alpha value is -2.69. The van der Waals surface area contributed by atoms with Crippen molar-refractivity contribution in [2.45, 2.75) is 13.8 Å². The van der Waals surface area contributed by atoms with Crippen molar-refractivity contribution in [3.8, 4) is 0 Å². The summed E-state index contributed by atoms with van der Waals surface area (Å²) in [6.07, 6.45) is 8.87. The van der Waals surface area contributed by atoms with Crippen molar-refractivity contribution >= 4 is 11.8 Å². The fraction of sp³-hybridized carbons (Fsp3) is 0.188. The van der Waals surface area contributed by atoms with Gasteiger partial charge in [-0.05, 0) is 31.6 Å². The largest absolute Gasteiger partial charge is 0.494 e. The van der Waals surface area contributed by atoms with Crippen LogP contribution in [0.4, 0.5) is 0 Å². The van der Waals surface area contributed by atoms with Crippen molar-refractivity contribution in [2.75, 3.05) is 7.11 Å². The van der Waals surface area contributed by atoms with Gasteiger partial charge in [0.15, 0.2) is 0 Å². The van der Waals surface area contributed by atoms with E-state index in [0.29, 0.717) is 0 Å². The fourth-order valence-electron chi connectivity index (χ4n) is 2.30. The van der Waals surface area contributed by atoms with Crippen molar-refractivity contribution in [1.29, 1.82) is 0 Å². The third-order valence-electron chi connectivity index (χ3n) is 3.31. The molecule has 0 saturated heterocycles. The Morgan fingerprint density at radius 3 is 2.57 bits per heavy atom. The summed E-state index contributed by atoms with van der Waals surface area (Å²) < 4.78 is 5.42. The van der Waals surface area contributed by atoms with Crippen LogP contribution in [0.3, 0.4) is 0 Å². The van der Waals surface area contributed by atoms with E-state index in [2.05, 4.69) is 32.9 Å². The highest BCUT2D eigenvalue weighted by atomic mass is 16.5. The molecule has 21 heavy (non-hydrogen) atoms. The first-order valence-electron chi connectivity index (χ1n) is 6.65. The third kappa shape index (κ3) is 2.63. The van der Waals surface area contributed by atoms with E-state index in [1.165, 1.54) is 11.9 Å². The predicted molar refractivity (Wildman–Crippen MR) is 81.9 cm³/mol. The maximum Gasteiger partial charge on any atom is 0.146 e. The van der Waals surface area contributed by atoms with E-state index >= 15 is 0 Å². The van der Waals surface area contributed by atoms with E-state index < -0.39 is 0 Å². The lowest BCUT2D eigenvalue weighted by Gasteiger charge is -2.01. The number of aryl methyl sites for hydroxylation is 2. The number of rotatable bonds is 3. The second-order valence-electron chi connectivity index (χ2n) is 4.92. The molecule has 1 aliphatic heterocycles. The summed E-state index contributed by atoms with van der Waals surface area (Å²) in [5.41, 5.74) is 5.82. The van der Waals surface area contributed by atoms with Crippen LogP contribution >= 0.6 is 0 Å². The highest BCUT2D eigenvalue weighted by molar-refractivity contribution is 6.11. The van der Waals surface area contributed by atoms with Crippen LogP contribution in [-0.2, 0) is 4.74 Å². The fourth-order valence-corrected chi connectivity index (χ4v) is 2.30. The van der Waals surface area contributed by atoms with Crippen LogP contribution in [0.1, 0.15) is 22.5 Å². The topological polar surface area (TPSA) is 63.2 Å². The molecule has 1 N–H and O–H groups in total. The molecular formula is C16H16N4O. The Bertz CT molecular complexity index is 754. The van der Waals surface area contributed by atoms with Gasteiger partial charge < -0.3 is 9.72 Å². The van der Waals surface area contributed by atoms with Crippen LogP contribution in [0.15, 0.2) is 47.3 Å². The Labute approximate surface area is 123 Å². The summed E-state index contributed by atoms with van der Waals surface area (Å²) in [4.78, 5) is 16.0. The number of nitrogens with zero attached hydrogens (tertiary/aromatic N) is 3. The number of methoxy groups -OCH3 is 1. The molecule has 0 bridgehead atoms. The van der Waals surface area contributed by atoms with E-state index in [-0.39, 0.29) is 0 Å². The SMILES string of the molecule is COC1=CC(c2cncnc2)=NC1=Cc1[nH]c(C)cc1C. The molecule has 2 aromatic heterocycles. The minimum absolute atomic E-state index is 0.737. The molecule has 0 amide bonds. The first-order valence-corrected chi connectivity index (χ1v) is 6.65. The summed E-state index contributed by atoms with van der Waals surface area (Å²) in [6, 6.07) is 2.10. The van der Waals surface area contributed by atoms with Gasteiger partial charge in [0.2, 0.25) is 0 Å². The number of aliphatic imine (C=N–C) groups is 1. The molecule has 0 aliphatic carbocycles. The number of nitrogens with one attached hydrogen (secondary N) is 1. The van der Waals surface area contributed by atoms with Crippen molar-refractivity contribution in [3.63, 3.8) is 0 Å². The lowest BCUT2D eigenvalue weighted by Crippen LogP contribution is -1.95. The predicted octanol–water partition coefficient (Wildman–Crippen LogP) is 2.80. The maximum absolute atomic E-state index is 5.42. The molecule has 3 heterocycles. The summed E-state index contributed by atoms with van der Waals surface area (Å²) in [5.74, 6) is 0.737. The summed E-state index contributed by atoms with van der Waals surface area (Å²) in [5, 5.41) is 0. The van der Waals surface area contributed by atoms with Gasteiger partial charge in [-0.25, -0.2) is 15.0 Å². The zero-order valence-electron chi connectivity index (χ0n) is 12.2. The van der Waals surface area contributed by atoms with Gasteiger partial charge in [0.05, 0.1) is 12.8 Å². The molecule has 5 heteroatoms. The molecule has 0 aromatic carbocycles. The molecule has 2 aromatic rings. The van der Waals surface area contributed by atoms with Crippen LogP contribution in [0.25, 0.3) is 6.08 Å². The molecule has 1 aliphatic rings. The molecular weight excluding hydrogens is 264 g/mol. The highest BCUT2D eigenvalue weighted by Crippen LogP contribution is 2.25. The molecule has 0 saturated carbocycles. The van der Waals surface area contributed by atoms with Crippen LogP contribution in [0.2, 0.25) is 0 Å². The number of ether oxygens (including phenoxy) is 1. The number of aromatic amines is 1. The molecule has 3 rings (SSSR count). The number of hydrogen-bond acceptors (Lipinski definition) is 4. The Kier molecular flexibility index (Phi) is 3.39. The van der Waals surface area contributed by atoms with E-state index in [9.17, 15) is 0 Å². The van der Waals surface area contributed by atoms with E-state index in [1.807, 2.05) is 19.1 Å². The lowest BCUT2D eigenvalue weighted by atomic mass is 10.2. The standard InChI is InChI=1S/C16H16N4O/c1-10-4-11(2)19-13(10)5-15-16(21-3)6-14(20-15)12-7-17-9-18-8-12/h4-9,19H,1-3H3. The lowest BCUT2D eigenvalue weighted by molar-refractivity contribution is 0.303. The van der Waals surface area contributed by atoms with Crippen LogP contribution < -0.4 is 0 Å². The first-order chi connectivity index (χ1) is 10.2. The smallest absolute Gasteiger partial charge is 0.146 e. The number of aromatic nitrogens is 3. The number of hydrogen-bond donors (Lipinski definition) is 1. The van der Waals surface area contributed by atoms with Gasteiger partial charge >= 0.3 is 0 Å². The third-order valence-corrected chi connectivity index (χ3v) is 3.31. The van der Waals surface area contributed by atoms with Gasteiger partial charge in [0, 0.05) is 35.4 Å². The average molecular weight is 280 g/mol. The van der Waals surface area contributed by atoms with Gasteiger partial charge in [0.25, 0.3) is 0 Å². The molecule has 0 unspecified atom stereocenters. The zero-order valence-corrected chi connectivity index (χ0v) is 12.2. The molecule has 0 radical (unpaired) electrons. The van der Waals surface area contributed by atoms with E-state index in [1.54, 1.807) is 19.5 Å². The van der Waals surface area contributed by atoms with Crippen molar-refractivity contribution in [3.05, 3.63) is 64.8 Å². The average Bonchev–Trinajstić information content (AvgIpc) is 3.04. The minimum atomic E-state index is 0.737. The van der Waals surface area contributed by atoms with Gasteiger partial charge in [-0.2, -0.15) is 0 Å². The maximum atomic E-state index is 5.42. The summed E-state index contributed by atoms with van der Waals surface area (Å²) in [7, 11) is 1.65. The van der Waals surface area contributed by atoms with E-state index in [0.717, 1.165) is 34.1 Å². The highest BCUT2D eigenvalue weighted by Gasteiger charge is 2.17. The zero-order chi connectivity index (χ0) is 14.8. The number of allylic oxidation sites excluding steroid dienone is 1. The first kappa shape index (κ1) is 13.3.